The Morgan fingerprint density at radius 3 is 2.81 bits per heavy atom. The quantitative estimate of drug-likeness (QED) is 0.776. The summed E-state index contributed by atoms with van der Waals surface area (Å²) < 4.78 is 1.40. The van der Waals surface area contributed by atoms with Gasteiger partial charge in [-0.1, -0.05) is 12.1 Å². The maximum atomic E-state index is 12.4. The van der Waals surface area contributed by atoms with Gasteiger partial charge in [0.05, 0.1) is 17.1 Å². The first-order valence-corrected chi connectivity index (χ1v) is 8.67. The van der Waals surface area contributed by atoms with Gasteiger partial charge in [-0.05, 0) is 53.4 Å². The van der Waals surface area contributed by atoms with E-state index in [1.54, 1.807) is 12.3 Å². The molecule has 0 unspecified atom stereocenters. The number of fused-ring (bicyclic) bond motifs is 2. The molecule has 0 fully saturated rings. The molecule has 134 valence electrons. The average molecular weight is 359 g/mol. The van der Waals surface area contributed by atoms with Gasteiger partial charge < -0.3 is 5.11 Å². The summed E-state index contributed by atoms with van der Waals surface area (Å²) in [5, 5.41) is 18.4. The van der Waals surface area contributed by atoms with Crippen molar-refractivity contribution in [2.24, 2.45) is 0 Å². The van der Waals surface area contributed by atoms with Gasteiger partial charge in [0, 0.05) is 25.8 Å². The topological polar surface area (TPSA) is 85.8 Å². The minimum atomic E-state index is -1.22. The molecular formula is C21H17N3O3. The van der Waals surface area contributed by atoms with Crippen molar-refractivity contribution in [3.05, 3.63) is 86.8 Å². The lowest BCUT2D eigenvalue weighted by Crippen LogP contribution is -2.31. The minimum Gasteiger partial charge on any atom is -0.477 e. The number of hydrogen-bond donors (Lipinski definition) is 1. The molecule has 0 saturated carbocycles. The average Bonchev–Trinajstić information content (AvgIpc) is 2.69. The summed E-state index contributed by atoms with van der Waals surface area (Å²) in [6.45, 7) is 2.08. The fraction of sp³-hybridized carbons (Fsp3) is 0.190. The van der Waals surface area contributed by atoms with Crippen LogP contribution in [0.4, 0.5) is 0 Å². The molecule has 0 radical (unpaired) electrons. The molecular weight excluding hydrogens is 342 g/mol. The Morgan fingerprint density at radius 1 is 1.19 bits per heavy atom. The third-order valence-corrected chi connectivity index (χ3v) is 5.01. The normalized spacial score (nSPS) is 13.9. The standard InChI is InChI=1S/C21H17N3O3/c22-11-14-4-5-16-12-23(8-6-15(16)9-14)13-17-10-18(21(26)27)20(25)24-7-2-1-3-19(17)24/h1-5,7,9-10H,6,8,12-13H2,(H,26,27). The predicted molar refractivity (Wildman–Crippen MR) is 99.6 cm³/mol. The Hall–Kier alpha value is -3.43. The first kappa shape index (κ1) is 17.0. The van der Waals surface area contributed by atoms with Crippen LogP contribution in [0.1, 0.15) is 32.6 Å². The number of carboxylic acids is 1. The number of aromatic carboxylic acids is 1. The lowest BCUT2D eigenvalue weighted by molar-refractivity contribution is 0.0694. The van der Waals surface area contributed by atoms with Gasteiger partial charge in [-0.15, -0.1) is 0 Å². The summed E-state index contributed by atoms with van der Waals surface area (Å²) in [6, 6.07) is 14.8. The number of carboxylic acid groups (broad SMARTS) is 1. The molecule has 3 aromatic rings. The van der Waals surface area contributed by atoms with Crippen molar-refractivity contribution >= 4 is 11.5 Å². The van der Waals surface area contributed by atoms with Crippen LogP contribution in [-0.2, 0) is 19.5 Å². The third kappa shape index (κ3) is 3.09. The van der Waals surface area contributed by atoms with E-state index in [1.165, 1.54) is 21.6 Å². The van der Waals surface area contributed by atoms with Gasteiger partial charge in [0.2, 0.25) is 0 Å². The van der Waals surface area contributed by atoms with Crippen molar-refractivity contribution in [3.63, 3.8) is 0 Å². The zero-order chi connectivity index (χ0) is 19.0. The Kier molecular flexibility index (Phi) is 4.22. The second kappa shape index (κ2) is 6.71. The minimum absolute atomic E-state index is 0.218. The van der Waals surface area contributed by atoms with Crippen molar-refractivity contribution in [2.45, 2.75) is 19.5 Å². The predicted octanol–water partition coefficient (Wildman–Crippen LogP) is 2.43. The highest BCUT2D eigenvalue weighted by atomic mass is 16.4. The Labute approximate surface area is 155 Å². The second-order valence-electron chi connectivity index (χ2n) is 6.71. The van der Waals surface area contributed by atoms with Crippen LogP contribution in [0, 0.1) is 11.3 Å². The van der Waals surface area contributed by atoms with Crippen LogP contribution >= 0.6 is 0 Å². The van der Waals surface area contributed by atoms with Gasteiger partial charge >= 0.3 is 5.97 Å². The molecule has 0 amide bonds. The zero-order valence-electron chi connectivity index (χ0n) is 14.6. The molecule has 4 rings (SSSR count). The maximum absolute atomic E-state index is 12.4. The van der Waals surface area contributed by atoms with Crippen molar-refractivity contribution in [3.8, 4) is 6.07 Å². The first-order valence-electron chi connectivity index (χ1n) is 8.67. The molecule has 2 aromatic heterocycles. The molecule has 6 heteroatoms. The summed E-state index contributed by atoms with van der Waals surface area (Å²) in [7, 11) is 0. The summed E-state index contributed by atoms with van der Waals surface area (Å²) >= 11 is 0. The molecule has 27 heavy (non-hydrogen) atoms. The summed E-state index contributed by atoms with van der Waals surface area (Å²) in [4.78, 5) is 26.1. The number of benzene rings is 1. The number of rotatable bonds is 3. The molecule has 0 atom stereocenters. The molecule has 0 aliphatic carbocycles. The van der Waals surface area contributed by atoms with Crippen molar-refractivity contribution in [1.29, 1.82) is 5.26 Å². The number of carbonyl (C=O) groups is 1. The molecule has 1 aliphatic rings. The van der Waals surface area contributed by atoms with Crippen molar-refractivity contribution < 1.29 is 9.90 Å². The number of pyridine rings is 2. The van der Waals surface area contributed by atoms with Gasteiger partial charge in [0.25, 0.3) is 5.56 Å². The van der Waals surface area contributed by atoms with Crippen molar-refractivity contribution in [1.82, 2.24) is 9.30 Å². The van der Waals surface area contributed by atoms with Gasteiger partial charge in [-0.3, -0.25) is 14.1 Å². The van der Waals surface area contributed by atoms with E-state index in [9.17, 15) is 14.7 Å². The van der Waals surface area contributed by atoms with E-state index in [0.29, 0.717) is 12.1 Å². The smallest absolute Gasteiger partial charge is 0.341 e. The van der Waals surface area contributed by atoms with Crippen LogP contribution in [0.25, 0.3) is 5.52 Å². The summed E-state index contributed by atoms with van der Waals surface area (Å²) in [6.07, 6.45) is 2.43. The van der Waals surface area contributed by atoms with Crippen LogP contribution in [0.5, 0.6) is 0 Å². The number of hydrogen-bond acceptors (Lipinski definition) is 4. The van der Waals surface area contributed by atoms with Crippen LogP contribution < -0.4 is 5.56 Å². The van der Waals surface area contributed by atoms with Gasteiger partial charge in [-0.25, -0.2) is 4.79 Å². The van der Waals surface area contributed by atoms with Crippen LogP contribution in [0.3, 0.4) is 0 Å². The van der Waals surface area contributed by atoms with Crippen LogP contribution in [0.15, 0.2) is 53.5 Å². The van der Waals surface area contributed by atoms with Crippen LogP contribution in [-0.4, -0.2) is 26.9 Å². The lowest BCUT2D eigenvalue weighted by Gasteiger charge is -2.29. The Bertz CT molecular complexity index is 1160. The molecule has 0 saturated heterocycles. The molecule has 0 spiro atoms. The molecule has 0 bridgehead atoms. The molecule has 3 heterocycles. The Balaban J connectivity index is 1.70. The van der Waals surface area contributed by atoms with Crippen LogP contribution in [0.2, 0.25) is 0 Å². The maximum Gasteiger partial charge on any atom is 0.341 e. The van der Waals surface area contributed by atoms with Crippen molar-refractivity contribution in [2.75, 3.05) is 6.54 Å². The van der Waals surface area contributed by atoms with Gasteiger partial charge in [0.15, 0.2) is 0 Å². The fourth-order valence-corrected chi connectivity index (χ4v) is 3.66. The van der Waals surface area contributed by atoms with E-state index >= 15 is 0 Å². The Morgan fingerprint density at radius 2 is 2.04 bits per heavy atom. The lowest BCUT2D eigenvalue weighted by atomic mass is 9.97. The molecule has 1 aromatic carbocycles. The monoisotopic (exact) mass is 359 g/mol. The SMILES string of the molecule is N#Cc1ccc2c(c1)CCN(Cc1cc(C(=O)O)c(=O)n3ccccc13)C2. The van der Waals surface area contributed by atoms with Gasteiger partial charge in [0.1, 0.15) is 5.56 Å². The van der Waals surface area contributed by atoms with E-state index in [4.69, 9.17) is 5.26 Å². The highest BCUT2D eigenvalue weighted by Crippen LogP contribution is 2.23. The fourth-order valence-electron chi connectivity index (χ4n) is 3.66. The van der Waals surface area contributed by atoms with E-state index in [1.807, 2.05) is 30.3 Å². The highest BCUT2D eigenvalue weighted by Gasteiger charge is 2.20. The highest BCUT2D eigenvalue weighted by molar-refractivity contribution is 5.88. The number of aromatic nitrogens is 1. The van der Waals surface area contributed by atoms with E-state index in [-0.39, 0.29) is 5.56 Å². The zero-order valence-corrected chi connectivity index (χ0v) is 14.6. The van der Waals surface area contributed by atoms with E-state index in [0.717, 1.165) is 30.6 Å². The summed E-state index contributed by atoms with van der Waals surface area (Å²) in [5.41, 5.74) is 3.82. The second-order valence-corrected chi connectivity index (χ2v) is 6.71. The van der Waals surface area contributed by atoms with Gasteiger partial charge in [-0.2, -0.15) is 5.26 Å². The van der Waals surface area contributed by atoms with E-state index < -0.39 is 11.5 Å². The number of nitrogens with zero attached hydrogens (tertiary/aromatic N) is 3. The molecule has 1 N–H and O–H groups in total. The first-order chi connectivity index (χ1) is 13.1. The largest absolute Gasteiger partial charge is 0.477 e. The molecule has 6 nitrogen and oxygen atoms in total. The number of nitriles is 1. The molecule has 1 aliphatic heterocycles. The summed E-state index contributed by atoms with van der Waals surface area (Å²) in [5.74, 6) is -1.22. The third-order valence-electron chi connectivity index (χ3n) is 5.01. The van der Waals surface area contributed by atoms with E-state index in [2.05, 4.69) is 11.0 Å².